The van der Waals surface area contributed by atoms with E-state index in [4.69, 9.17) is 9.47 Å². The standard InChI is InChI=1S/C21H24N4O3/c26-20(13-27-15-4-2-1-3-5-15)24-10-16-17-12-25(19-11-22-8-9-23-19)14-21(17)7-6-18(16)28-21/h1-5,8-9,11,16-18H,6-7,10,12-14H2,(H,24,26)/t16-,17+,18+,21+/m0/s1. The lowest BCUT2D eigenvalue weighted by Gasteiger charge is -2.29. The summed E-state index contributed by atoms with van der Waals surface area (Å²) in [5.74, 6) is 2.25. The molecule has 28 heavy (non-hydrogen) atoms. The molecule has 1 spiro atoms. The molecule has 0 saturated carbocycles. The summed E-state index contributed by atoms with van der Waals surface area (Å²) in [5, 5.41) is 3.05. The van der Waals surface area contributed by atoms with Crippen molar-refractivity contribution in [3.05, 3.63) is 48.9 Å². The number of fused-ring (bicyclic) bond motifs is 1. The Labute approximate surface area is 164 Å². The first-order valence-corrected chi connectivity index (χ1v) is 9.87. The summed E-state index contributed by atoms with van der Waals surface area (Å²) in [6, 6.07) is 9.40. The minimum atomic E-state index is -0.0991. The van der Waals surface area contributed by atoms with Crippen LogP contribution in [-0.2, 0) is 9.53 Å². The highest BCUT2D eigenvalue weighted by atomic mass is 16.5. The molecule has 1 aromatic carbocycles. The Balaban J connectivity index is 1.19. The van der Waals surface area contributed by atoms with E-state index in [-0.39, 0.29) is 24.2 Å². The summed E-state index contributed by atoms with van der Waals surface area (Å²) in [4.78, 5) is 23.2. The largest absolute Gasteiger partial charge is 0.484 e. The van der Waals surface area contributed by atoms with Crippen molar-refractivity contribution in [1.29, 1.82) is 0 Å². The van der Waals surface area contributed by atoms with Crippen LogP contribution in [0.5, 0.6) is 5.75 Å². The van der Waals surface area contributed by atoms with Crippen LogP contribution in [0.4, 0.5) is 5.82 Å². The predicted molar refractivity (Wildman–Crippen MR) is 103 cm³/mol. The second-order valence-electron chi connectivity index (χ2n) is 7.88. The molecule has 7 nitrogen and oxygen atoms in total. The molecule has 1 N–H and O–H groups in total. The van der Waals surface area contributed by atoms with Crippen LogP contribution in [0.3, 0.4) is 0 Å². The third-order valence-corrected chi connectivity index (χ3v) is 6.31. The summed E-state index contributed by atoms with van der Waals surface area (Å²) in [6.07, 6.45) is 7.61. The molecule has 0 radical (unpaired) electrons. The highest BCUT2D eigenvalue weighted by Crippen LogP contribution is 2.55. The van der Waals surface area contributed by atoms with Crippen LogP contribution in [-0.4, -0.2) is 53.8 Å². The van der Waals surface area contributed by atoms with E-state index in [1.807, 2.05) is 36.5 Å². The summed E-state index contributed by atoms with van der Waals surface area (Å²) in [7, 11) is 0. The molecule has 0 unspecified atom stereocenters. The van der Waals surface area contributed by atoms with Gasteiger partial charge in [0.1, 0.15) is 11.6 Å². The van der Waals surface area contributed by atoms with E-state index in [0.29, 0.717) is 24.1 Å². The Morgan fingerprint density at radius 3 is 3.04 bits per heavy atom. The van der Waals surface area contributed by atoms with Gasteiger partial charge in [0.2, 0.25) is 0 Å². The quantitative estimate of drug-likeness (QED) is 0.821. The van der Waals surface area contributed by atoms with E-state index in [1.165, 1.54) is 0 Å². The first kappa shape index (κ1) is 17.4. The van der Waals surface area contributed by atoms with E-state index in [2.05, 4.69) is 20.2 Å². The molecule has 146 valence electrons. The van der Waals surface area contributed by atoms with Gasteiger partial charge >= 0.3 is 0 Å². The number of benzene rings is 1. The number of hydrogen-bond donors (Lipinski definition) is 1. The minimum Gasteiger partial charge on any atom is -0.484 e. The van der Waals surface area contributed by atoms with Crippen molar-refractivity contribution in [2.75, 3.05) is 31.1 Å². The zero-order valence-electron chi connectivity index (χ0n) is 15.7. The van der Waals surface area contributed by atoms with Crippen molar-refractivity contribution in [2.45, 2.75) is 24.5 Å². The smallest absolute Gasteiger partial charge is 0.257 e. The topological polar surface area (TPSA) is 76.6 Å². The number of para-hydroxylation sites is 1. The van der Waals surface area contributed by atoms with E-state index in [1.54, 1.807) is 12.4 Å². The van der Waals surface area contributed by atoms with E-state index in [9.17, 15) is 4.79 Å². The second kappa shape index (κ2) is 7.05. The number of hydrogen-bond acceptors (Lipinski definition) is 6. The van der Waals surface area contributed by atoms with Crippen molar-refractivity contribution in [1.82, 2.24) is 15.3 Å². The zero-order valence-corrected chi connectivity index (χ0v) is 15.7. The van der Waals surface area contributed by atoms with Crippen LogP contribution in [0.2, 0.25) is 0 Å². The van der Waals surface area contributed by atoms with Gasteiger partial charge in [-0.15, -0.1) is 0 Å². The first-order valence-electron chi connectivity index (χ1n) is 9.87. The third-order valence-electron chi connectivity index (χ3n) is 6.31. The number of ether oxygens (including phenoxy) is 2. The number of carbonyl (C=O) groups excluding carboxylic acids is 1. The summed E-state index contributed by atoms with van der Waals surface area (Å²) in [6.45, 7) is 2.41. The van der Waals surface area contributed by atoms with Crippen molar-refractivity contribution < 1.29 is 14.3 Å². The van der Waals surface area contributed by atoms with Crippen LogP contribution in [0.1, 0.15) is 12.8 Å². The molecule has 3 aliphatic rings. The molecule has 2 aromatic rings. The average Bonchev–Trinajstić information content (AvgIpc) is 3.41. The van der Waals surface area contributed by atoms with E-state index >= 15 is 0 Å². The number of amides is 1. The molecule has 4 heterocycles. The van der Waals surface area contributed by atoms with E-state index < -0.39 is 0 Å². The van der Waals surface area contributed by atoms with Gasteiger partial charge in [0, 0.05) is 43.9 Å². The summed E-state index contributed by atoms with van der Waals surface area (Å²) < 4.78 is 12.0. The molecule has 1 aromatic heterocycles. The lowest BCUT2D eigenvalue weighted by molar-refractivity contribution is -0.123. The normalized spacial score (nSPS) is 30.3. The first-order chi connectivity index (χ1) is 13.7. The van der Waals surface area contributed by atoms with Crippen LogP contribution < -0.4 is 15.0 Å². The zero-order chi connectivity index (χ0) is 19.0. The van der Waals surface area contributed by atoms with Crippen molar-refractivity contribution in [2.24, 2.45) is 11.8 Å². The number of carbonyl (C=O) groups is 1. The maximum Gasteiger partial charge on any atom is 0.257 e. The van der Waals surface area contributed by atoms with Gasteiger partial charge in [-0.25, -0.2) is 4.98 Å². The minimum absolute atomic E-state index is 0.0315. The molecule has 1 amide bonds. The lowest BCUT2D eigenvalue weighted by Crippen LogP contribution is -2.42. The fraction of sp³-hybridized carbons (Fsp3) is 0.476. The molecule has 2 bridgehead atoms. The maximum absolute atomic E-state index is 12.2. The Morgan fingerprint density at radius 1 is 1.32 bits per heavy atom. The monoisotopic (exact) mass is 380 g/mol. The van der Waals surface area contributed by atoms with Crippen LogP contribution in [0.15, 0.2) is 48.9 Å². The molecule has 3 aliphatic heterocycles. The molecule has 7 heteroatoms. The van der Waals surface area contributed by atoms with Crippen molar-refractivity contribution in [3.63, 3.8) is 0 Å². The highest BCUT2D eigenvalue weighted by molar-refractivity contribution is 5.77. The SMILES string of the molecule is O=C(COc1ccccc1)NC[C@H]1[C@H]2CN(c3cnccn3)C[C@]23CC[C@H]1O3. The number of rotatable bonds is 6. The highest BCUT2D eigenvalue weighted by Gasteiger charge is 2.63. The summed E-state index contributed by atoms with van der Waals surface area (Å²) >= 11 is 0. The van der Waals surface area contributed by atoms with Gasteiger partial charge in [-0.05, 0) is 25.0 Å². The Kier molecular flexibility index (Phi) is 4.39. The van der Waals surface area contributed by atoms with Gasteiger partial charge in [-0.2, -0.15) is 0 Å². The summed E-state index contributed by atoms with van der Waals surface area (Å²) in [5.41, 5.74) is -0.0991. The average molecular weight is 380 g/mol. The van der Waals surface area contributed by atoms with Crippen LogP contribution in [0, 0.1) is 11.8 Å². The van der Waals surface area contributed by atoms with Gasteiger partial charge in [0.05, 0.1) is 17.9 Å². The number of nitrogens with one attached hydrogen (secondary N) is 1. The molecule has 3 saturated heterocycles. The van der Waals surface area contributed by atoms with Crippen LogP contribution >= 0.6 is 0 Å². The number of nitrogens with zero attached hydrogens (tertiary/aromatic N) is 3. The second-order valence-corrected chi connectivity index (χ2v) is 7.88. The molecule has 3 fully saturated rings. The number of aromatic nitrogens is 2. The lowest BCUT2D eigenvalue weighted by atomic mass is 9.73. The Morgan fingerprint density at radius 2 is 2.21 bits per heavy atom. The van der Waals surface area contributed by atoms with Gasteiger partial charge in [-0.3, -0.25) is 9.78 Å². The molecular weight excluding hydrogens is 356 g/mol. The molecule has 5 rings (SSSR count). The van der Waals surface area contributed by atoms with Gasteiger partial charge in [0.15, 0.2) is 6.61 Å². The van der Waals surface area contributed by atoms with E-state index in [0.717, 1.165) is 31.7 Å². The van der Waals surface area contributed by atoms with Gasteiger partial charge in [-0.1, -0.05) is 18.2 Å². The maximum atomic E-state index is 12.2. The van der Waals surface area contributed by atoms with Gasteiger partial charge < -0.3 is 19.7 Å². The Hall–Kier alpha value is -2.67. The van der Waals surface area contributed by atoms with Crippen molar-refractivity contribution in [3.8, 4) is 5.75 Å². The molecule has 4 atom stereocenters. The van der Waals surface area contributed by atoms with Gasteiger partial charge in [0.25, 0.3) is 5.91 Å². The van der Waals surface area contributed by atoms with Crippen LogP contribution in [0.25, 0.3) is 0 Å². The fourth-order valence-electron chi connectivity index (χ4n) is 5.04. The predicted octanol–water partition coefficient (Wildman–Crippen LogP) is 1.66. The third kappa shape index (κ3) is 3.09. The molecule has 0 aliphatic carbocycles. The van der Waals surface area contributed by atoms with Crippen molar-refractivity contribution >= 4 is 11.7 Å². The molecular formula is C21H24N4O3. The fourth-order valence-corrected chi connectivity index (χ4v) is 5.04. The Bertz CT molecular complexity index is 834. The number of anilines is 1.